The number of nitrogens with one attached hydrogen (secondary N) is 2. The zero-order chi connectivity index (χ0) is 35.4. The molecule has 2 aliphatic rings. The van der Waals surface area contributed by atoms with Gasteiger partial charge in [0.05, 0.1) is 16.7 Å². The molecular formula is C37H40BrClN6O4S. The molecule has 4 aromatic rings. The molecule has 10 nitrogen and oxygen atoms in total. The molecule has 1 unspecified atom stereocenters. The van der Waals surface area contributed by atoms with Crippen LogP contribution in [0.2, 0.25) is 5.02 Å². The first kappa shape index (κ1) is 35.8. The predicted octanol–water partition coefficient (Wildman–Crippen LogP) is 8.32. The number of ether oxygens (including phenoxy) is 2. The Bertz CT molecular complexity index is 1940. The van der Waals surface area contributed by atoms with Gasteiger partial charge in [-0.3, -0.25) is 9.59 Å². The number of carbonyl (C=O) groups is 2. The fraction of sp³-hybridized carbons (Fsp3) is 0.351. The minimum Gasteiger partial charge on any atom is -0.490 e. The Hall–Kier alpha value is -4.00. The summed E-state index contributed by atoms with van der Waals surface area (Å²) in [6.07, 6.45) is 3.14. The summed E-state index contributed by atoms with van der Waals surface area (Å²) in [5, 5.41) is 12.6. The number of halogens is 2. The number of aromatic nitrogens is 3. The highest BCUT2D eigenvalue weighted by Crippen LogP contribution is 2.44. The maximum atomic E-state index is 14.3. The first-order chi connectivity index (χ1) is 24.1. The zero-order valence-electron chi connectivity index (χ0n) is 28.5. The smallest absolute Gasteiger partial charge is 0.260 e. The van der Waals surface area contributed by atoms with E-state index in [-0.39, 0.29) is 18.4 Å². The van der Waals surface area contributed by atoms with Crippen LogP contribution < -0.4 is 20.1 Å². The fourth-order valence-electron chi connectivity index (χ4n) is 6.15. The lowest BCUT2D eigenvalue weighted by Crippen LogP contribution is -2.38. The van der Waals surface area contributed by atoms with Crippen LogP contribution in [0.3, 0.4) is 0 Å². The number of carbonyl (C=O) groups excluding carboxylic acids is 2. The number of rotatable bonds is 11. The molecule has 2 aliphatic heterocycles. The molecule has 1 aromatic heterocycles. The summed E-state index contributed by atoms with van der Waals surface area (Å²) in [7, 11) is 0. The van der Waals surface area contributed by atoms with Crippen molar-refractivity contribution in [3.05, 3.63) is 97.6 Å². The van der Waals surface area contributed by atoms with Gasteiger partial charge in [-0.2, -0.15) is 4.98 Å². The van der Waals surface area contributed by atoms with Crippen molar-refractivity contribution in [2.75, 3.05) is 36.9 Å². The first-order valence-corrected chi connectivity index (χ1v) is 18.8. The molecule has 2 amide bonds. The van der Waals surface area contributed by atoms with Crippen LogP contribution in [0, 0.1) is 13.8 Å². The Morgan fingerprint density at radius 3 is 2.60 bits per heavy atom. The van der Waals surface area contributed by atoms with E-state index in [9.17, 15) is 9.59 Å². The number of benzene rings is 3. The van der Waals surface area contributed by atoms with Crippen molar-refractivity contribution in [3.8, 4) is 11.5 Å². The van der Waals surface area contributed by atoms with Crippen LogP contribution in [0.1, 0.15) is 61.4 Å². The first-order valence-electron chi connectivity index (χ1n) is 16.7. The average Bonchev–Trinajstić information content (AvgIpc) is 3.51. The Balaban J connectivity index is 1.37. The molecule has 2 N–H and O–H groups in total. The van der Waals surface area contributed by atoms with Crippen LogP contribution in [-0.4, -0.2) is 57.8 Å². The van der Waals surface area contributed by atoms with Gasteiger partial charge in [-0.1, -0.05) is 53.7 Å². The van der Waals surface area contributed by atoms with Crippen LogP contribution in [0.15, 0.2) is 75.5 Å². The monoisotopic (exact) mass is 778 g/mol. The number of likely N-dealkylation sites (tertiary alicyclic amines) is 1. The summed E-state index contributed by atoms with van der Waals surface area (Å²) in [6, 6.07) is 16.6. The number of piperidine rings is 1. The number of anilines is 2. The third-order valence-electron chi connectivity index (χ3n) is 8.94. The van der Waals surface area contributed by atoms with E-state index in [1.807, 2.05) is 87.2 Å². The molecule has 6 rings (SSSR count). The SMILES string of the molecule is CCOc1cc(C2C(C(=O)Nc3cccc(C)c3C)=C(C)Nc3nc(SCc4ccccc4Cl)nn32)cc(Br)c1OCC(=O)N1CCCCC1. The van der Waals surface area contributed by atoms with Crippen LogP contribution in [0.25, 0.3) is 0 Å². The summed E-state index contributed by atoms with van der Waals surface area (Å²) < 4.78 is 14.5. The molecule has 0 radical (unpaired) electrons. The number of hydrogen-bond donors (Lipinski definition) is 2. The Morgan fingerprint density at radius 1 is 1.06 bits per heavy atom. The largest absolute Gasteiger partial charge is 0.490 e. The minimum atomic E-state index is -0.682. The molecule has 1 fully saturated rings. The van der Waals surface area contributed by atoms with Gasteiger partial charge in [0.1, 0.15) is 6.04 Å². The van der Waals surface area contributed by atoms with Crippen LogP contribution in [-0.2, 0) is 15.3 Å². The highest BCUT2D eigenvalue weighted by atomic mass is 79.9. The van der Waals surface area contributed by atoms with Gasteiger partial charge < -0.3 is 25.0 Å². The van der Waals surface area contributed by atoms with Gasteiger partial charge in [-0.05, 0) is 109 Å². The number of amides is 2. The van der Waals surface area contributed by atoms with E-state index in [1.165, 1.54) is 11.8 Å². The van der Waals surface area contributed by atoms with E-state index in [0.29, 0.717) is 55.7 Å². The van der Waals surface area contributed by atoms with Crippen molar-refractivity contribution in [2.45, 2.75) is 63.9 Å². The maximum Gasteiger partial charge on any atom is 0.260 e. The molecule has 1 saturated heterocycles. The molecule has 0 aliphatic carbocycles. The van der Waals surface area contributed by atoms with E-state index in [1.54, 1.807) is 4.68 Å². The normalized spacial score (nSPS) is 15.7. The second-order valence-electron chi connectivity index (χ2n) is 12.3. The summed E-state index contributed by atoms with van der Waals surface area (Å²) in [4.78, 5) is 33.9. The molecule has 3 heterocycles. The summed E-state index contributed by atoms with van der Waals surface area (Å²) in [5.41, 5.74) is 5.59. The van der Waals surface area contributed by atoms with Crippen molar-refractivity contribution in [1.82, 2.24) is 19.7 Å². The number of allylic oxidation sites excluding steroid dienone is 1. The lowest BCUT2D eigenvalue weighted by atomic mass is 9.94. The van der Waals surface area contributed by atoms with Gasteiger partial charge in [0.15, 0.2) is 18.1 Å². The number of thioether (sulfide) groups is 1. The third kappa shape index (κ3) is 7.82. The number of hydrogen-bond acceptors (Lipinski definition) is 8. The van der Waals surface area contributed by atoms with Gasteiger partial charge >= 0.3 is 0 Å². The number of aryl methyl sites for hydroxylation is 1. The van der Waals surface area contributed by atoms with Crippen LogP contribution in [0.5, 0.6) is 11.5 Å². The molecule has 50 heavy (non-hydrogen) atoms. The second-order valence-corrected chi connectivity index (χ2v) is 14.5. The van der Waals surface area contributed by atoms with Crippen molar-refractivity contribution in [3.63, 3.8) is 0 Å². The zero-order valence-corrected chi connectivity index (χ0v) is 31.7. The van der Waals surface area contributed by atoms with Crippen molar-refractivity contribution in [2.24, 2.45) is 0 Å². The van der Waals surface area contributed by atoms with Crippen molar-refractivity contribution >= 4 is 62.7 Å². The standard InChI is InChI=1S/C37H40BrClN6O4S/c1-5-48-30-19-26(18-27(38)34(30)49-20-31(46)44-16-9-6-10-17-44)33-32(35(47)41-29-15-11-12-22(2)23(29)3)24(4)40-36-42-37(43-45(33)36)50-21-25-13-7-8-14-28(25)39/h7-8,11-15,18-19,33H,5-6,9-10,16-17,20-21H2,1-4H3,(H,41,47)(H,40,42,43). The second kappa shape index (κ2) is 15.9. The highest BCUT2D eigenvalue weighted by molar-refractivity contribution is 9.10. The fourth-order valence-corrected chi connectivity index (χ4v) is 7.84. The molecule has 0 bridgehead atoms. The summed E-state index contributed by atoms with van der Waals surface area (Å²) in [5.74, 6) is 1.61. The molecule has 0 saturated carbocycles. The Morgan fingerprint density at radius 2 is 1.84 bits per heavy atom. The lowest BCUT2D eigenvalue weighted by molar-refractivity contribution is -0.134. The molecule has 262 valence electrons. The summed E-state index contributed by atoms with van der Waals surface area (Å²) >= 11 is 11.6. The van der Waals surface area contributed by atoms with Crippen LogP contribution >= 0.6 is 39.3 Å². The number of fused-ring (bicyclic) bond motifs is 1. The predicted molar refractivity (Wildman–Crippen MR) is 201 cm³/mol. The van der Waals surface area contributed by atoms with E-state index >= 15 is 0 Å². The van der Waals surface area contributed by atoms with Crippen molar-refractivity contribution in [1.29, 1.82) is 0 Å². The quantitative estimate of drug-likeness (QED) is 0.146. The maximum absolute atomic E-state index is 14.3. The molecule has 1 atom stereocenters. The van der Waals surface area contributed by atoms with Crippen LogP contribution in [0.4, 0.5) is 11.6 Å². The number of nitrogens with zero attached hydrogens (tertiary/aromatic N) is 4. The van der Waals surface area contributed by atoms with Gasteiger partial charge in [0.2, 0.25) is 11.1 Å². The Labute approximate surface area is 310 Å². The highest BCUT2D eigenvalue weighted by Gasteiger charge is 2.36. The van der Waals surface area contributed by atoms with Crippen molar-refractivity contribution < 1.29 is 19.1 Å². The van der Waals surface area contributed by atoms with Gasteiger partial charge in [-0.25, -0.2) is 4.68 Å². The van der Waals surface area contributed by atoms with E-state index in [0.717, 1.165) is 60.3 Å². The molecule has 3 aromatic carbocycles. The third-order valence-corrected chi connectivity index (χ3v) is 10.8. The van der Waals surface area contributed by atoms with E-state index in [4.69, 9.17) is 31.2 Å². The minimum absolute atomic E-state index is 0.0560. The Kier molecular flexibility index (Phi) is 11.4. The van der Waals surface area contributed by atoms with Gasteiger partial charge in [0.25, 0.3) is 11.8 Å². The molecular weight excluding hydrogens is 740 g/mol. The molecule has 13 heteroatoms. The van der Waals surface area contributed by atoms with Gasteiger partial charge in [0, 0.05) is 35.2 Å². The molecule has 0 spiro atoms. The van der Waals surface area contributed by atoms with Gasteiger partial charge in [-0.15, -0.1) is 5.10 Å². The van der Waals surface area contributed by atoms with E-state index in [2.05, 4.69) is 26.6 Å². The summed E-state index contributed by atoms with van der Waals surface area (Å²) in [6.45, 7) is 9.50. The van der Waals surface area contributed by atoms with E-state index < -0.39 is 6.04 Å². The average molecular weight is 780 g/mol. The lowest BCUT2D eigenvalue weighted by Gasteiger charge is -2.30. The topological polar surface area (TPSA) is 111 Å².